The van der Waals surface area contributed by atoms with Gasteiger partial charge in [0.1, 0.15) is 11.2 Å². The van der Waals surface area contributed by atoms with Gasteiger partial charge in [-0.15, -0.1) is 0 Å². The summed E-state index contributed by atoms with van der Waals surface area (Å²) in [7, 11) is 0. The zero-order valence-corrected chi connectivity index (χ0v) is 11.5. The van der Waals surface area contributed by atoms with Crippen LogP contribution in [0, 0.1) is 6.92 Å². The standard InChI is InChI=1S/C13H20N2O4/c1-8(2)11-10(9(3)15-19-11)12(16)14-6-13(17)4-5-18-7-13/h8,17H,4-7H2,1-3H3,(H,14,16). The zero-order chi connectivity index (χ0) is 14.0. The Morgan fingerprint density at radius 2 is 2.32 bits per heavy atom. The molecule has 1 aliphatic rings. The fourth-order valence-corrected chi connectivity index (χ4v) is 2.13. The third-order valence-electron chi connectivity index (χ3n) is 3.30. The highest BCUT2D eigenvalue weighted by Gasteiger charge is 2.33. The number of rotatable bonds is 4. The Labute approximate surface area is 112 Å². The lowest BCUT2D eigenvalue weighted by Gasteiger charge is -2.20. The van der Waals surface area contributed by atoms with Gasteiger partial charge in [-0.05, 0) is 6.92 Å². The molecule has 6 nitrogen and oxygen atoms in total. The number of amides is 1. The van der Waals surface area contributed by atoms with Crippen LogP contribution in [-0.4, -0.2) is 41.5 Å². The van der Waals surface area contributed by atoms with Crippen LogP contribution in [-0.2, 0) is 4.74 Å². The normalized spacial score (nSPS) is 23.0. The Morgan fingerprint density at radius 1 is 1.58 bits per heavy atom. The molecule has 1 saturated heterocycles. The number of nitrogens with one attached hydrogen (secondary N) is 1. The van der Waals surface area contributed by atoms with Gasteiger partial charge in [0.15, 0.2) is 5.76 Å². The van der Waals surface area contributed by atoms with Gasteiger partial charge in [0.05, 0.1) is 12.3 Å². The van der Waals surface area contributed by atoms with Gasteiger partial charge in [-0.25, -0.2) is 0 Å². The molecule has 0 saturated carbocycles. The number of aliphatic hydroxyl groups is 1. The van der Waals surface area contributed by atoms with Crippen LogP contribution in [0.3, 0.4) is 0 Å². The van der Waals surface area contributed by atoms with Crippen LogP contribution < -0.4 is 5.32 Å². The zero-order valence-electron chi connectivity index (χ0n) is 11.5. The SMILES string of the molecule is Cc1noc(C(C)C)c1C(=O)NCC1(O)CCOC1. The molecular weight excluding hydrogens is 248 g/mol. The maximum absolute atomic E-state index is 12.2. The number of hydrogen-bond donors (Lipinski definition) is 2. The molecule has 1 unspecified atom stereocenters. The van der Waals surface area contributed by atoms with E-state index in [-0.39, 0.29) is 25.0 Å². The molecule has 1 aliphatic heterocycles. The van der Waals surface area contributed by atoms with Gasteiger partial charge in [-0.1, -0.05) is 19.0 Å². The monoisotopic (exact) mass is 268 g/mol. The van der Waals surface area contributed by atoms with E-state index in [9.17, 15) is 9.90 Å². The van der Waals surface area contributed by atoms with Crippen molar-refractivity contribution in [3.05, 3.63) is 17.0 Å². The van der Waals surface area contributed by atoms with Crippen molar-refractivity contribution in [2.45, 2.75) is 38.7 Å². The topological polar surface area (TPSA) is 84.6 Å². The average Bonchev–Trinajstić information content (AvgIpc) is 2.93. The first-order valence-corrected chi connectivity index (χ1v) is 6.47. The fourth-order valence-electron chi connectivity index (χ4n) is 2.13. The summed E-state index contributed by atoms with van der Waals surface area (Å²) in [6.45, 7) is 6.57. The van der Waals surface area contributed by atoms with Crippen LogP contribution in [0.15, 0.2) is 4.52 Å². The minimum absolute atomic E-state index is 0.0832. The van der Waals surface area contributed by atoms with Crippen molar-refractivity contribution in [2.75, 3.05) is 19.8 Å². The first-order valence-electron chi connectivity index (χ1n) is 6.47. The lowest BCUT2D eigenvalue weighted by molar-refractivity contribution is 0.0264. The second-order valence-corrected chi connectivity index (χ2v) is 5.37. The summed E-state index contributed by atoms with van der Waals surface area (Å²) in [6.07, 6.45) is 0.535. The molecule has 6 heteroatoms. The Morgan fingerprint density at radius 3 is 2.89 bits per heavy atom. The van der Waals surface area contributed by atoms with E-state index in [0.717, 1.165) is 0 Å². The van der Waals surface area contributed by atoms with Crippen molar-refractivity contribution >= 4 is 5.91 Å². The minimum Gasteiger partial charge on any atom is -0.386 e. The molecule has 0 aromatic carbocycles. The highest BCUT2D eigenvalue weighted by molar-refractivity contribution is 5.96. The molecule has 0 spiro atoms. The summed E-state index contributed by atoms with van der Waals surface area (Å²) in [6, 6.07) is 0. The van der Waals surface area contributed by atoms with E-state index in [4.69, 9.17) is 9.26 Å². The van der Waals surface area contributed by atoms with Gasteiger partial charge in [-0.2, -0.15) is 0 Å². The largest absolute Gasteiger partial charge is 0.386 e. The van der Waals surface area contributed by atoms with Crippen LogP contribution in [0.4, 0.5) is 0 Å². The van der Waals surface area contributed by atoms with Crippen molar-refractivity contribution in [3.63, 3.8) is 0 Å². The van der Waals surface area contributed by atoms with E-state index in [1.54, 1.807) is 6.92 Å². The van der Waals surface area contributed by atoms with Crippen LogP contribution in [0.25, 0.3) is 0 Å². The molecule has 19 heavy (non-hydrogen) atoms. The first kappa shape index (κ1) is 14.0. The van der Waals surface area contributed by atoms with Crippen LogP contribution in [0.1, 0.15) is 48.0 Å². The highest BCUT2D eigenvalue weighted by atomic mass is 16.5. The summed E-state index contributed by atoms with van der Waals surface area (Å²) in [4.78, 5) is 12.2. The summed E-state index contributed by atoms with van der Waals surface area (Å²) < 4.78 is 10.3. The average molecular weight is 268 g/mol. The van der Waals surface area contributed by atoms with Gasteiger partial charge < -0.3 is 19.7 Å². The summed E-state index contributed by atoms with van der Waals surface area (Å²) in [5.74, 6) is 0.396. The number of ether oxygens (including phenoxy) is 1. The Hall–Kier alpha value is -1.40. The van der Waals surface area contributed by atoms with E-state index >= 15 is 0 Å². The van der Waals surface area contributed by atoms with Crippen LogP contribution >= 0.6 is 0 Å². The van der Waals surface area contributed by atoms with Crippen molar-refractivity contribution in [2.24, 2.45) is 0 Å². The van der Waals surface area contributed by atoms with Crippen molar-refractivity contribution < 1.29 is 19.2 Å². The minimum atomic E-state index is -0.960. The van der Waals surface area contributed by atoms with E-state index in [1.165, 1.54) is 0 Å². The van der Waals surface area contributed by atoms with Gasteiger partial charge in [0.25, 0.3) is 5.91 Å². The number of carbonyl (C=O) groups excluding carboxylic acids is 1. The number of nitrogens with zero attached hydrogens (tertiary/aromatic N) is 1. The predicted molar refractivity (Wildman–Crippen MR) is 68.0 cm³/mol. The number of aryl methyl sites for hydroxylation is 1. The molecular formula is C13H20N2O4. The van der Waals surface area contributed by atoms with Crippen molar-refractivity contribution in [1.29, 1.82) is 0 Å². The highest BCUT2D eigenvalue weighted by Crippen LogP contribution is 2.22. The second-order valence-electron chi connectivity index (χ2n) is 5.37. The third-order valence-corrected chi connectivity index (χ3v) is 3.30. The molecule has 1 aromatic heterocycles. The molecule has 0 bridgehead atoms. The van der Waals surface area contributed by atoms with Crippen LogP contribution in [0.5, 0.6) is 0 Å². The molecule has 1 amide bonds. The molecule has 2 N–H and O–H groups in total. The molecule has 1 aromatic rings. The van der Waals surface area contributed by atoms with Crippen molar-refractivity contribution in [1.82, 2.24) is 10.5 Å². The summed E-state index contributed by atoms with van der Waals surface area (Å²) in [5.41, 5.74) is 0.0759. The molecule has 1 fully saturated rings. The lowest BCUT2D eigenvalue weighted by Crippen LogP contribution is -2.43. The Balaban J connectivity index is 2.06. The first-order chi connectivity index (χ1) is 8.93. The van der Waals surface area contributed by atoms with Gasteiger partial charge in [0, 0.05) is 25.5 Å². The molecule has 106 valence electrons. The van der Waals surface area contributed by atoms with E-state index < -0.39 is 5.60 Å². The van der Waals surface area contributed by atoms with Crippen LogP contribution in [0.2, 0.25) is 0 Å². The number of carbonyl (C=O) groups is 1. The van der Waals surface area contributed by atoms with Crippen molar-refractivity contribution in [3.8, 4) is 0 Å². The molecule has 2 rings (SSSR count). The molecule has 1 atom stereocenters. The van der Waals surface area contributed by atoms with E-state index in [1.807, 2.05) is 13.8 Å². The molecule has 0 aliphatic carbocycles. The maximum atomic E-state index is 12.2. The predicted octanol–water partition coefficient (Wildman–Crippen LogP) is 0.988. The van der Waals surface area contributed by atoms with Gasteiger partial charge in [0.2, 0.25) is 0 Å². The lowest BCUT2D eigenvalue weighted by atomic mass is 10.0. The number of hydrogen-bond acceptors (Lipinski definition) is 5. The fraction of sp³-hybridized carbons (Fsp3) is 0.692. The number of aromatic nitrogens is 1. The third kappa shape index (κ3) is 2.96. The molecule has 2 heterocycles. The second kappa shape index (κ2) is 5.30. The van der Waals surface area contributed by atoms with Gasteiger partial charge >= 0.3 is 0 Å². The summed E-state index contributed by atoms with van der Waals surface area (Å²) in [5, 5.41) is 16.7. The Kier molecular flexibility index (Phi) is 3.91. The summed E-state index contributed by atoms with van der Waals surface area (Å²) >= 11 is 0. The maximum Gasteiger partial charge on any atom is 0.256 e. The quantitative estimate of drug-likeness (QED) is 0.850. The van der Waals surface area contributed by atoms with Gasteiger partial charge in [-0.3, -0.25) is 4.79 Å². The smallest absolute Gasteiger partial charge is 0.256 e. The van der Waals surface area contributed by atoms with E-state index in [0.29, 0.717) is 30.0 Å². The molecule has 0 radical (unpaired) electrons. The Bertz CT molecular complexity index is 461. The van der Waals surface area contributed by atoms with E-state index in [2.05, 4.69) is 10.5 Å².